The molecule has 0 aliphatic carbocycles. The quantitative estimate of drug-likeness (QED) is 0.633. The van der Waals surface area contributed by atoms with Crippen LogP contribution in [0.3, 0.4) is 0 Å². The van der Waals surface area contributed by atoms with Crippen molar-refractivity contribution in [3.8, 4) is 0 Å². The van der Waals surface area contributed by atoms with Crippen molar-refractivity contribution < 1.29 is 17.7 Å². The average molecular weight is 340 g/mol. The molecule has 1 heterocycles. The number of nitrogens with zero attached hydrogens (tertiary/aromatic N) is 1. The molecule has 1 aromatic rings. The summed E-state index contributed by atoms with van der Waals surface area (Å²) < 4.78 is 40.4. The molecule has 7 nitrogen and oxygen atoms in total. The lowest BCUT2D eigenvalue weighted by Crippen LogP contribution is -2.45. The Hall–Kier alpha value is -1.29. The number of nitro groups is 1. The normalized spacial score (nSPS) is 18.8. The Labute approximate surface area is 127 Å². The first-order valence-corrected chi connectivity index (χ1v) is 7.56. The minimum atomic E-state index is -4.27. The molecule has 10 heteroatoms. The second-order valence-corrected chi connectivity index (χ2v) is 6.16. The second-order valence-electron chi connectivity index (χ2n) is 4.51. The van der Waals surface area contributed by atoms with Gasteiger partial charge >= 0.3 is 0 Å². The zero-order chi connectivity index (χ0) is 14.8. The molecule has 1 aromatic carbocycles. The maximum absolute atomic E-state index is 13.7. The topological polar surface area (TPSA) is 101 Å². The van der Waals surface area contributed by atoms with E-state index in [1.54, 1.807) is 0 Å². The van der Waals surface area contributed by atoms with Gasteiger partial charge in [0.05, 0.1) is 4.92 Å². The number of benzene rings is 1. The molecule has 21 heavy (non-hydrogen) atoms. The Kier molecular flexibility index (Phi) is 6.02. The van der Waals surface area contributed by atoms with Crippen molar-refractivity contribution in [2.75, 3.05) is 13.1 Å². The van der Waals surface area contributed by atoms with Gasteiger partial charge < -0.3 is 5.32 Å². The third-order valence-electron chi connectivity index (χ3n) is 3.03. The number of halogens is 2. The highest BCUT2D eigenvalue weighted by Gasteiger charge is 2.32. The van der Waals surface area contributed by atoms with Gasteiger partial charge in [-0.15, -0.1) is 12.4 Å². The minimum Gasteiger partial charge on any atom is -0.315 e. The lowest BCUT2D eigenvalue weighted by molar-refractivity contribution is -0.388. The third-order valence-corrected chi connectivity index (χ3v) is 4.62. The lowest BCUT2D eigenvalue weighted by Gasteiger charge is -2.23. The van der Waals surface area contributed by atoms with E-state index in [-0.39, 0.29) is 12.4 Å². The van der Waals surface area contributed by atoms with Gasteiger partial charge in [0.25, 0.3) is 15.7 Å². The molecule has 1 aliphatic rings. The summed E-state index contributed by atoms with van der Waals surface area (Å²) in [7, 11) is -4.27. The van der Waals surface area contributed by atoms with Crippen molar-refractivity contribution in [2.45, 2.75) is 23.8 Å². The zero-order valence-electron chi connectivity index (χ0n) is 10.9. The SMILES string of the molecule is Cl.O=[N+]([O-])c1cccc(F)c1S(=O)(=O)NC1CCCNC1. The van der Waals surface area contributed by atoms with Crippen LogP contribution in [0.1, 0.15) is 12.8 Å². The number of sulfonamides is 1. The molecule has 1 atom stereocenters. The molecule has 1 aliphatic heterocycles. The minimum absolute atomic E-state index is 0. The van der Waals surface area contributed by atoms with Gasteiger partial charge in [-0.25, -0.2) is 17.5 Å². The standard InChI is InChI=1S/C11H14FN3O4S.ClH/c12-9-4-1-5-10(15(16)17)11(9)20(18,19)14-8-3-2-6-13-7-8;/h1,4-5,8,13-14H,2-3,6-7H2;1H. The van der Waals surface area contributed by atoms with Crippen molar-refractivity contribution in [3.05, 3.63) is 34.1 Å². The first-order chi connectivity index (χ1) is 9.42. The monoisotopic (exact) mass is 339 g/mol. The number of piperidine rings is 1. The summed E-state index contributed by atoms with van der Waals surface area (Å²) in [4.78, 5) is 9.03. The van der Waals surface area contributed by atoms with Gasteiger partial charge in [-0.1, -0.05) is 6.07 Å². The Morgan fingerprint density at radius 2 is 2.14 bits per heavy atom. The maximum atomic E-state index is 13.7. The number of rotatable bonds is 4. The predicted molar refractivity (Wildman–Crippen MR) is 76.5 cm³/mol. The third kappa shape index (κ3) is 4.10. The van der Waals surface area contributed by atoms with Crippen LogP contribution in [0.15, 0.2) is 23.1 Å². The Morgan fingerprint density at radius 1 is 1.43 bits per heavy atom. The van der Waals surface area contributed by atoms with Crippen LogP contribution in [0, 0.1) is 15.9 Å². The molecule has 1 saturated heterocycles. The van der Waals surface area contributed by atoms with E-state index in [4.69, 9.17) is 0 Å². The molecule has 0 amide bonds. The number of hydrogen-bond donors (Lipinski definition) is 2. The van der Waals surface area contributed by atoms with Gasteiger partial charge in [-0.3, -0.25) is 10.1 Å². The fourth-order valence-electron chi connectivity index (χ4n) is 2.14. The van der Waals surface area contributed by atoms with Crippen LogP contribution in [-0.4, -0.2) is 32.5 Å². The lowest BCUT2D eigenvalue weighted by atomic mass is 10.1. The van der Waals surface area contributed by atoms with Crippen LogP contribution in [0.4, 0.5) is 10.1 Å². The van der Waals surface area contributed by atoms with Gasteiger partial charge in [0.15, 0.2) is 4.90 Å². The van der Waals surface area contributed by atoms with Gasteiger partial charge in [0, 0.05) is 18.7 Å². The molecule has 0 spiro atoms. The highest BCUT2D eigenvalue weighted by Crippen LogP contribution is 2.26. The Bertz CT molecular complexity index is 620. The zero-order valence-corrected chi connectivity index (χ0v) is 12.5. The largest absolute Gasteiger partial charge is 0.315 e. The van der Waals surface area contributed by atoms with Gasteiger partial charge in [-0.2, -0.15) is 0 Å². The number of nitrogens with one attached hydrogen (secondary N) is 2. The van der Waals surface area contributed by atoms with Crippen LogP contribution in [-0.2, 0) is 10.0 Å². The molecule has 1 unspecified atom stereocenters. The second kappa shape index (κ2) is 7.12. The van der Waals surface area contributed by atoms with E-state index in [1.807, 2.05) is 0 Å². The van der Waals surface area contributed by atoms with E-state index in [1.165, 1.54) is 0 Å². The highest BCUT2D eigenvalue weighted by atomic mass is 35.5. The molecule has 2 N–H and O–H groups in total. The molecule has 0 saturated carbocycles. The summed E-state index contributed by atoms with van der Waals surface area (Å²) in [5, 5.41) is 13.9. The van der Waals surface area contributed by atoms with E-state index in [0.717, 1.165) is 31.2 Å². The number of nitro benzene ring substituents is 1. The van der Waals surface area contributed by atoms with E-state index < -0.39 is 37.4 Å². The summed E-state index contributed by atoms with van der Waals surface area (Å²) in [6.07, 6.45) is 1.39. The molecule has 118 valence electrons. The fourth-order valence-corrected chi connectivity index (χ4v) is 3.64. The van der Waals surface area contributed by atoms with Gasteiger partial charge in [0.1, 0.15) is 5.82 Å². The molecular formula is C11H15ClFN3O4S. The van der Waals surface area contributed by atoms with Crippen molar-refractivity contribution in [3.63, 3.8) is 0 Å². The molecular weight excluding hydrogens is 325 g/mol. The van der Waals surface area contributed by atoms with Crippen molar-refractivity contribution in [2.24, 2.45) is 0 Å². The van der Waals surface area contributed by atoms with E-state index in [0.29, 0.717) is 13.0 Å². The van der Waals surface area contributed by atoms with Gasteiger partial charge in [0.2, 0.25) is 0 Å². The van der Waals surface area contributed by atoms with E-state index >= 15 is 0 Å². The van der Waals surface area contributed by atoms with Crippen LogP contribution >= 0.6 is 12.4 Å². The van der Waals surface area contributed by atoms with Crippen molar-refractivity contribution in [1.82, 2.24) is 10.0 Å². The average Bonchev–Trinajstić information content (AvgIpc) is 2.38. The van der Waals surface area contributed by atoms with E-state index in [2.05, 4.69) is 10.0 Å². The number of hydrogen-bond acceptors (Lipinski definition) is 5. The smallest absolute Gasteiger partial charge is 0.292 e. The summed E-state index contributed by atoms with van der Waals surface area (Å²) in [6, 6.07) is 2.57. The molecule has 1 fully saturated rings. The maximum Gasteiger partial charge on any atom is 0.292 e. The highest BCUT2D eigenvalue weighted by molar-refractivity contribution is 7.89. The predicted octanol–water partition coefficient (Wildman–Crippen LogP) is 1.19. The summed E-state index contributed by atoms with van der Waals surface area (Å²) >= 11 is 0. The first kappa shape index (κ1) is 17.8. The van der Waals surface area contributed by atoms with Crippen LogP contribution < -0.4 is 10.0 Å². The summed E-state index contributed by atoms with van der Waals surface area (Å²) in [6.45, 7) is 1.21. The fraction of sp³-hybridized carbons (Fsp3) is 0.455. The first-order valence-electron chi connectivity index (χ1n) is 6.08. The van der Waals surface area contributed by atoms with Crippen LogP contribution in [0.5, 0.6) is 0 Å². The van der Waals surface area contributed by atoms with Crippen molar-refractivity contribution >= 4 is 28.1 Å². The van der Waals surface area contributed by atoms with Crippen LogP contribution in [0.25, 0.3) is 0 Å². The Balaban J connectivity index is 0.00000220. The molecule has 0 bridgehead atoms. The Morgan fingerprint density at radius 3 is 2.71 bits per heavy atom. The van der Waals surface area contributed by atoms with E-state index in [9.17, 15) is 22.9 Å². The van der Waals surface area contributed by atoms with Crippen LogP contribution in [0.2, 0.25) is 0 Å². The summed E-state index contributed by atoms with van der Waals surface area (Å²) in [5.41, 5.74) is -0.763. The van der Waals surface area contributed by atoms with Gasteiger partial charge in [-0.05, 0) is 25.5 Å². The molecule has 0 radical (unpaired) electrons. The molecule has 2 rings (SSSR count). The molecule has 0 aromatic heterocycles. The summed E-state index contributed by atoms with van der Waals surface area (Å²) in [5.74, 6) is -1.13. The van der Waals surface area contributed by atoms with Crippen molar-refractivity contribution in [1.29, 1.82) is 0 Å².